The Morgan fingerprint density at radius 1 is 1.88 bits per heavy atom. The van der Waals surface area contributed by atoms with Gasteiger partial charge >= 0.3 is 0 Å². The lowest BCUT2D eigenvalue weighted by Crippen LogP contribution is -2.22. The lowest BCUT2D eigenvalue weighted by atomic mass is 10.6. The number of likely N-dealkylation sites (N-methyl/N-ethyl adjacent to an activating group) is 1. The second-order valence-corrected chi connectivity index (χ2v) is 1.81. The summed E-state index contributed by atoms with van der Waals surface area (Å²) in [5.74, 6) is 0.796. The summed E-state index contributed by atoms with van der Waals surface area (Å²) in [5, 5.41) is 6.83. The molecular formula is C5H9N3. The van der Waals surface area contributed by atoms with E-state index in [0.717, 1.165) is 18.9 Å². The standard InChI is InChI=1S/C5H9N3/c1-8-3-2-7-5(8)4-6/h4,6H,2-3H2,1H3. The van der Waals surface area contributed by atoms with Gasteiger partial charge in [-0.2, -0.15) is 0 Å². The van der Waals surface area contributed by atoms with Crippen LogP contribution in [0.5, 0.6) is 0 Å². The third-order valence-corrected chi connectivity index (χ3v) is 1.23. The number of nitrogens with zero attached hydrogens (tertiary/aromatic N) is 2. The topological polar surface area (TPSA) is 39.5 Å². The first-order valence-electron chi connectivity index (χ1n) is 2.60. The summed E-state index contributed by atoms with van der Waals surface area (Å²) in [7, 11) is 1.94. The van der Waals surface area contributed by atoms with Crippen LogP contribution in [0.4, 0.5) is 0 Å². The lowest BCUT2D eigenvalue weighted by molar-refractivity contribution is 0.562. The van der Waals surface area contributed by atoms with E-state index in [9.17, 15) is 0 Å². The van der Waals surface area contributed by atoms with Crippen molar-refractivity contribution < 1.29 is 0 Å². The summed E-state index contributed by atoms with van der Waals surface area (Å²) in [6.07, 6.45) is 1.28. The SMILES string of the molecule is CN1CCN=C1C=N. The second kappa shape index (κ2) is 1.94. The molecule has 0 unspecified atom stereocenters. The summed E-state index contributed by atoms with van der Waals surface area (Å²) in [6.45, 7) is 1.81. The summed E-state index contributed by atoms with van der Waals surface area (Å²) >= 11 is 0. The maximum absolute atomic E-state index is 6.83. The first-order valence-corrected chi connectivity index (χ1v) is 2.60. The summed E-state index contributed by atoms with van der Waals surface area (Å²) in [5.41, 5.74) is 0. The van der Waals surface area contributed by atoms with E-state index in [2.05, 4.69) is 4.99 Å². The molecule has 0 radical (unpaired) electrons. The van der Waals surface area contributed by atoms with Crippen molar-refractivity contribution in [3.8, 4) is 0 Å². The maximum Gasteiger partial charge on any atom is 0.141 e. The highest BCUT2D eigenvalue weighted by molar-refractivity contribution is 6.28. The van der Waals surface area contributed by atoms with Crippen molar-refractivity contribution in [2.75, 3.05) is 20.1 Å². The molecule has 44 valence electrons. The average molecular weight is 111 g/mol. The molecular weight excluding hydrogens is 102 g/mol. The van der Waals surface area contributed by atoms with Crippen molar-refractivity contribution in [3.05, 3.63) is 0 Å². The van der Waals surface area contributed by atoms with E-state index in [-0.39, 0.29) is 0 Å². The molecule has 0 fully saturated rings. The fraction of sp³-hybridized carbons (Fsp3) is 0.600. The fourth-order valence-electron chi connectivity index (χ4n) is 0.706. The van der Waals surface area contributed by atoms with Crippen LogP contribution in [0.2, 0.25) is 0 Å². The summed E-state index contributed by atoms with van der Waals surface area (Å²) in [4.78, 5) is 6.00. The van der Waals surface area contributed by atoms with Crippen molar-refractivity contribution in [3.63, 3.8) is 0 Å². The molecule has 0 aromatic rings. The summed E-state index contributed by atoms with van der Waals surface area (Å²) in [6, 6.07) is 0. The van der Waals surface area contributed by atoms with Gasteiger partial charge in [0.05, 0.1) is 12.8 Å². The minimum atomic E-state index is 0.796. The molecule has 8 heavy (non-hydrogen) atoms. The number of hydrogen-bond acceptors (Lipinski definition) is 3. The second-order valence-electron chi connectivity index (χ2n) is 1.81. The van der Waals surface area contributed by atoms with Crippen molar-refractivity contribution in [2.24, 2.45) is 4.99 Å². The van der Waals surface area contributed by atoms with Crippen LogP contribution in [0.25, 0.3) is 0 Å². The molecule has 0 amide bonds. The lowest BCUT2D eigenvalue weighted by Gasteiger charge is -2.07. The Kier molecular flexibility index (Phi) is 1.28. The van der Waals surface area contributed by atoms with Crippen LogP contribution >= 0.6 is 0 Å². The van der Waals surface area contributed by atoms with Crippen LogP contribution in [0.3, 0.4) is 0 Å². The van der Waals surface area contributed by atoms with Gasteiger partial charge in [-0.15, -0.1) is 0 Å². The Morgan fingerprint density at radius 3 is 2.88 bits per heavy atom. The van der Waals surface area contributed by atoms with Crippen LogP contribution in [-0.4, -0.2) is 37.1 Å². The van der Waals surface area contributed by atoms with Crippen LogP contribution in [-0.2, 0) is 0 Å². The van der Waals surface area contributed by atoms with Gasteiger partial charge in [-0.3, -0.25) is 4.99 Å². The number of nitrogens with one attached hydrogen (secondary N) is 1. The Balaban J connectivity index is 2.62. The van der Waals surface area contributed by atoms with E-state index < -0.39 is 0 Å². The van der Waals surface area contributed by atoms with E-state index in [1.54, 1.807) is 0 Å². The minimum absolute atomic E-state index is 0.796. The predicted molar refractivity (Wildman–Crippen MR) is 33.7 cm³/mol. The molecule has 1 N–H and O–H groups in total. The van der Waals surface area contributed by atoms with E-state index in [0.29, 0.717) is 0 Å². The van der Waals surface area contributed by atoms with Crippen molar-refractivity contribution in [1.29, 1.82) is 5.41 Å². The predicted octanol–water partition coefficient (Wildman–Crippen LogP) is -0.0201. The van der Waals surface area contributed by atoms with Crippen LogP contribution in [0.15, 0.2) is 4.99 Å². The molecule has 0 atom stereocenters. The Bertz CT molecular complexity index is 128. The number of hydrogen-bond donors (Lipinski definition) is 1. The zero-order valence-corrected chi connectivity index (χ0v) is 4.89. The molecule has 0 saturated heterocycles. The van der Waals surface area contributed by atoms with Gasteiger partial charge in [-0.25, -0.2) is 0 Å². The quantitative estimate of drug-likeness (QED) is 0.474. The van der Waals surface area contributed by atoms with E-state index in [1.807, 2.05) is 11.9 Å². The van der Waals surface area contributed by atoms with E-state index >= 15 is 0 Å². The highest BCUT2D eigenvalue weighted by atomic mass is 15.2. The average Bonchev–Trinajstić information content (AvgIpc) is 2.14. The van der Waals surface area contributed by atoms with Crippen molar-refractivity contribution in [1.82, 2.24) is 4.90 Å². The molecule has 0 spiro atoms. The number of amidine groups is 1. The first-order chi connectivity index (χ1) is 3.84. The summed E-state index contributed by atoms with van der Waals surface area (Å²) < 4.78 is 0. The van der Waals surface area contributed by atoms with Crippen molar-refractivity contribution in [2.45, 2.75) is 0 Å². The zero-order chi connectivity index (χ0) is 5.98. The van der Waals surface area contributed by atoms with Gasteiger partial charge in [0.1, 0.15) is 5.84 Å². The highest BCUT2D eigenvalue weighted by Crippen LogP contribution is 1.93. The van der Waals surface area contributed by atoms with Gasteiger partial charge in [-0.1, -0.05) is 0 Å². The van der Waals surface area contributed by atoms with Gasteiger partial charge in [-0.05, 0) is 0 Å². The monoisotopic (exact) mass is 111 g/mol. The molecule has 1 heterocycles. The minimum Gasteiger partial charge on any atom is -0.357 e. The molecule has 3 heteroatoms. The molecule has 1 aliphatic rings. The van der Waals surface area contributed by atoms with Gasteiger partial charge in [0.25, 0.3) is 0 Å². The van der Waals surface area contributed by atoms with Crippen LogP contribution < -0.4 is 0 Å². The van der Waals surface area contributed by atoms with E-state index in [1.165, 1.54) is 6.21 Å². The first kappa shape index (κ1) is 5.28. The number of rotatable bonds is 1. The highest BCUT2D eigenvalue weighted by Gasteiger charge is 2.07. The molecule has 1 rings (SSSR count). The Labute approximate surface area is 48.5 Å². The molecule has 0 saturated carbocycles. The third-order valence-electron chi connectivity index (χ3n) is 1.23. The van der Waals surface area contributed by atoms with E-state index in [4.69, 9.17) is 5.41 Å². The maximum atomic E-state index is 6.83. The smallest absolute Gasteiger partial charge is 0.141 e. The molecule has 3 nitrogen and oxygen atoms in total. The molecule has 0 aromatic carbocycles. The van der Waals surface area contributed by atoms with Gasteiger partial charge in [0, 0.05) is 13.6 Å². The molecule has 1 aliphatic heterocycles. The largest absolute Gasteiger partial charge is 0.357 e. The number of aliphatic imine (C=N–C) groups is 1. The van der Waals surface area contributed by atoms with Crippen molar-refractivity contribution >= 4 is 12.1 Å². The normalized spacial score (nSPS) is 18.6. The molecule has 0 aromatic heterocycles. The molecule has 0 aliphatic carbocycles. The molecule has 0 bridgehead atoms. The van der Waals surface area contributed by atoms with Gasteiger partial charge in [0.15, 0.2) is 0 Å². The van der Waals surface area contributed by atoms with Gasteiger partial charge < -0.3 is 10.3 Å². The Morgan fingerprint density at radius 2 is 2.62 bits per heavy atom. The van der Waals surface area contributed by atoms with Crippen LogP contribution in [0, 0.1) is 5.41 Å². The fourth-order valence-corrected chi connectivity index (χ4v) is 0.706. The van der Waals surface area contributed by atoms with Gasteiger partial charge in [0.2, 0.25) is 0 Å². The van der Waals surface area contributed by atoms with Crippen LogP contribution in [0.1, 0.15) is 0 Å². The zero-order valence-electron chi connectivity index (χ0n) is 4.89. The third kappa shape index (κ3) is 0.710. The Hall–Kier alpha value is -0.860.